The molecule has 0 radical (unpaired) electrons. The summed E-state index contributed by atoms with van der Waals surface area (Å²) in [6.45, 7) is 3.33. The van der Waals surface area contributed by atoms with Crippen molar-refractivity contribution in [2.24, 2.45) is 0 Å². The average Bonchev–Trinajstić information content (AvgIpc) is 2.26. The minimum atomic E-state index is -1.09. The van der Waals surface area contributed by atoms with Crippen molar-refractivity contribution in [2.75, 3.05) is 7.05 Å². The van der Waals surface area contributed by atoms with Crippen LogP contribution < -0.4 is 16.0 Å². The third-order valence-electron chi connectivity index (χ3n) is 2.17. The number of amides is 3. The van der Waals surface area contributed by atoms with Crippen LogP contribution in [0.3, 0.4) is 0 Å². The van der Waals surface area contributed by atoms with Gasteiger partial charge in [-0.05, 0) is 13.3 Å². The van der Waals surface area contributed by atoms with E-state index in [4.69, 9.17) is 5.11 Å². The van der Waals surface area contributed by atoms with E-state index in [-0.39, 0.29) is 5.91 Å². The molecular formula is C10H19N3O4. The molecule has 0 saturated heterocycles. The van der Waals surface area contributed by atoms with Gasteiger partial charge in [0.2, 0.25) is 5.91 Å². The van der Waals surface area contributed by atoms with Gasteiger partial charge in [-0.15, -0.1) is 0 Å². The maximum Gasteiger partial charge on any atom is 0.326 e. The first kappa shape index (κ1) is 15.2. The number of hydrogen-bond acceptors (Lipinski definition) is 3. The van der Waals surface area contributed by atoms with Crippen LogP contribution in [0.15, 0.2) is 0 Å². The van der Waals surface area contributed by atoms with E-state index in [0.29, 0.717) is 12.8 Å². The smallest absolute Gasteiger partial charge is 0.326 e. The SMILES string of the molecule is CCC[C@H](NC(=O)NC(C)C(=O)NC)C(=O)O. The first-order valence-electron chi connectivity index (χ1n) is 5.43. The number of hydrogen-bond donors (Lipinski definition) is 4. The van der Waals surface area contributed by atoms with Gasteiger partial charge in [-0.3, -0.25) is 4.79 Å². The molecule has 0 aromatic heterocycles. The Bertz CT molecular complexity index is 293. The molecular weight excluding hydrogens is 226 g/mol. The molecule has 0 heterocycles. The molecule has 0 aliphatic rings. The number of rotatable bonds is 6. The molecule has 3 amide bonds. The number of nitrogens with one attached hydrogen (secondary N) is 3. The van der Waals surface area contributed by atoms with Crippen molar-refractivity contribution >= 4 is 17.9 Å². The van der Waals surface area contributed by atoms with E-state index >= 15 is 0 Å². The predicted molar refractivity (Wildman–Crippen MR) is 61.5 cm³/mol. The molecule has 2 atom stereocenters. The lowest BCUT2D eigenvalue weighted by molar-refractivity contribution is -0.139. The van der Waals surface area contributed by atoms with Gasteiger partial charge >= 0.3 is 12.0 Å². The molecule has 0 aromatic rings. The predicted octanol–water partition coefficient (Wildman–Crippen LogP) is -0.327. The monoisotopic (exact) mass is 245 g/mol. The van der Waals surface area contributed by atoms with Gasteiger partial charge in [0.05, 0.1) is 0 Å². The summed E-state index contributed by atoms with van der Waals surface area (Å²) < 4.78 is 0. The van der Waals surface area contributed by atoms with Gasteiger partial charge in [-0.2, -0.15) is 0 Å². The van der Waals surface area contributed by atoms with Gasteiger partial charge in [-0.25, -0.2) is 9.59 Å². The Morgan fingerprint density at radius 3 is 2.24 bits per heavy atom. The van der Waals surface area contributed by atoms with Gasteiger partial charge in [0.25, 0.3) is 0 Å². The lowest BCUT2D eigenvalue weighted by Crippen LogP contribution is -2.51. The fourth-order valence-corrected chi connectivity index (χ4v) is 1.22. The number of carbonyl (C=O) groups excluding carboxylic acids is 2. The number of carboxylic acid groups (broad SMARTS) is 1. The van der Waals surface area contributed by atoms with Crippen LogP contribution in [-0.4, -0.2) is 42.1 Å². The molecule has 98 valence electrons. The van der Waals surface area contributed by atoms with E-state index in [2.05, 4.69) is 16.0 Å². The van der Waals surface area contributed by atoms with E-state index in [1.165, 1.54) is 14.0 Å². The molecule has 7 heteroatoms. The summed E-state index contributed by atoms with van der Waals surface area (Å²) in [5, 5.41) is 15.8. The van der Waals surface area contributed by atoms with Crippen LogP contribution >= 0.6 is 0 Å². The Morgan fingerprint density at radius 2 is 1.82 bits per heavy atom. The highest BCUT2D eigenvalue weighted by Crippen LogP contribution is 1.96. The molecule has 0 bridgehead atoms. The molecule has 0 rings (SSSR count). The lowest BCUT2D eigenvalue weighted by Gasteiger charge is -2.17. The third kappa shape index (κ3) is 5.74. The number of carboxylic acids is 1. The van der Waals surface area contributed by atoms with Crippen molar-refractivity contribution < 1.29 is 19.5 Å². The van der Waals surface area contributed by atoms with E-state index in [9.17, 15) is 14.4 Å². The van der Waals surface area contributed by atoms with Crippen LogP contribution in [0.2, 0.25) is 0 Å². The summed E-state index contributed by atoms with van der Waals surface area (Å²) in [6.07, 6.45) is 0.985. The molecule has 1 unspecified atom stereocenters. The van der Waals surface area contributed by atoms with Crippen LogP contribution in [0, 0.1) is 0 Å². The van der Waals surface area contributed by atoms with Gasteiger partial charge in [0.1, 0.15) is 12.1 Å². The average molecular weight is 245 g/mol. The highest BCUT2D eigenvalue weighted by Gasteiger charge is 2.20. The maximum absolute atomic E-state index is 11.4. The molecule has 0 spiro atoms. The van der Waals surface area contributed by atoms with Crippen LogP contribution in [0.1, 0.15) is 26.7 Å². The second kappa shape index (κ2) is 7.48. The zero-order chi connectivity index (χ0) is 13.4. The Kier molecular flexibility index (Phi) is 6.69. The topological polar surface area (TPSA) is 108 Å². The fourth-order valence-electron chi connectivity index (χ4n) is 1.22. The van der Waals surface area contributed by atoms with E-state index in [1.807, 2.05) is 6.92 Å². The first-order valence-corrected chi connectivity index (χ1v) is 5.43. The maximum atomic E-state index is 11.4. The second-order valence-corrected chi connectivity index (χ2v) is 3.63. The summed E-state index contributed by atoms with van der Waals surface area (Å²) in [7, 11) is 1.45. The second-order valence-electron chi connectivity index (χ2n) is 3.63. The van der Waals surface area contributed by atoms with E-state index in [0.717, 1.165) is 0 Å². The Balaban J connectivity index is 4.23. The van der Waals surface area contributed by atoms with Crippen LogP contribution in [0.25, 0.3) is 0 Å². The quantitative estimate of drug-likeness (QED) is 0.514. The highest BCUT2D eigenvalue weighted by atomic mass is 16.4. The largest absolute Gasteiger partial charge is 0.480 e. The normalized spacial score (nSPS) is 13.4. The molecule has 0 fully saturated rings. The van der Waals surface area contributed by atoms with Gasteiger partial charge in [0.15, 0.2) is 0 Å². The van der Waals surface area contributed by atoms with Crippen molar-refractivity contribution in [3.63, 3.8) is 0 Å². The molecule has 7 nitrogen and oxygen atoms in total. The Labute approximate surface area is 100.0 Å². The zero-order valence-electron chi connectivity index (χ0n) is 10.2. The number of carbonyl (C=O) groups is 3. The Morgan fingerprint density at radius 1 is 1.24 bits per heavy atom. The summed E-state index contributed by atoms with van der Waals surface area (Å²) in [6, 6.07) is -2.31. The summed E-state index contributed by atoms with van der Waals surface area (Å²) in [5.41, 5.74) is 0. The molecule has 0 aromatic carbocycles. The number of aliphatic carboxylic acids is 1. The number of likely N-dealkylation sites (N-methyl/N-ethyl adjacent to an activating group) is 1. The molecule has 0 aliphatic carbocycles. The Hall–Kier alpha value is -1.79. The first-order chi connectivity index (χ1) is 7.92. The van der Waals surface area contributed by atoms with Crippen molar-refractivity contribution in [3.05, 3.63) is 0 Å². The highest BCUT2D eigenvalue weighted by molar-refractivity contribution is 5.88. The van der Waals surface area contributed by atoms with Crippen LogP contribution in [0.5, 0.6) is 0 Å². The summed E-state index contributed by atoms with van der Waals surface area (Å²) in [5.74, 6) is -1.43. The zero-order valence-corrected chi connectivity index (χ0v) is 10.2. The number of urea groups is 1. The molecule has 0 aliphatic heterocycles. The van der Waals surface area contributed by atoms with Crippen LogP contribution in [-0.2, 0) is 9.59 Å². The standard InChI is InChI=1S/C10H19N3O4/c1-4-5-7(9(15)16)13-10(17)12-6(2)8(14)11-3/h6-7H,4-5H2,1-3H3,(H,11,14)(H,15,16)(H2,12,13,17)/t6?,7-/m0/s1. The van der Waals surface area contributed by atoms with E-state index in [1.54, 1.807) is 0 Å². The minimum Gasteiger partial charge on any atom is -0.480 e. The fraction of sp³-hybridized carbons (Fsp3) is 0.700. The van der Waals surface area contributed by atoms with Crippen LogP contribution in [0.4, 0.5) is 4.79 Å². The van der Waals surface area contributed by atoms with Crippen molar-refractivity contribution in [3.8, 4) is 0 Å². The van der Waals surface area contributed by atoms with Crippen molar-refractivity contribution in [1.29, 1.82) is 0 Å². The molecule has 17 heavy (non-hydrogen) atoms. The van der Waals surface area contributed by atoms with Gasteiger partial charge in [0, 0.05) is 7.05 Å². The van der Waals surface area contributed by atoms with E-state index < -0.39 is 24.1 Å². The summed E-state index contributed by atoms with van der Waals surface area (Å²) in [4.78, 5) is 33.3. The molecule has 4 N–H and O–H groups in total. The lowest BCUT2D eigenvalue weighted by atomic mass is 10.2. The minimum absolute atomic E-state index is 0.344. The van der Waals surface area contributed by atoms with Gasteiger partial charge in [-0.1, -0.05) is 13.3 Å². The van der Waals surface area contributed by atoms with Crippen molar-refractivity contribution in [1.82, 2.24) is 16.0 Å². The summed E-state index contributed by atoms with van der Waals surface area (Å²) >= 11 is 0. The van der Waals surface area contributed by atoms with Gasteiger partial charge < -0.3 is 21.1 Å². The van der Waals surface area contributed by atoms with Crippen molar-refractivity contribution in [2.45, 2.75) is 38.8 Å². The molecule has 0 saturated carbocycles. The third-order valence-corrected chi connectivity index (χ3v) is 2.17.